The Morgan fingerprint density at radius 1 is 1.07 bits per heavy atom. The SMILES string of the molecule is CN(C)C1CCN(C(=O)c2cc(-c3cnc(N4CCOCC4)nc3)cn2C)CC1. The number of carbonyl (C=O) groups excluding carboxylic acids is 1. The molecule has 156 valence electrons. The van der Waals surface area contributed by atoms with Crippen LogP contribution >= 0.6 is 0 Å². The van der Waals surface area contributed by atoms with Crippen LogP contribution in [0.3, 0.4) is 0 Å². The third kappa shape index (κ3) is 4.28. The maximum absolute atomic E-state index is 13.0. The van der Waals surface area contributed by atoms with Gasteiger partial charge in [0.25, 0.3) is 5.91 Å². The summed E-state index contributed by atoms with van der Waals surface area (Å²) in [6, 6.07) is 2.51. The first-order valence-electron chi connectivity index (χ1n) is 10.3. The molecule has 0 aliphatic carbocycles. The maximum atomic E-state index is 13.0. The number of aromatic nitrogens is 3. The number of piperidine rings is 1. The molecule has 2 aliphatic heterocycles. The molecule has 0 N–H and O–H groups in total. The predicted octanol–water partition coefficient (Wildman–Crippen LogP) is 1.48. The molecular weight excluding hydrogens is 368 g/mol. The maximum Gasteiger partial charge on any atom is 0.270 e. The Morgan fingerprint density at radius 3 is 2.34 bits per heavy atom. The minimum atomic E-state index is 0.0989. The number of anilines is 1. The molecule has 2 aromatic heterocycles. The van der Waals surface area contributed by atoms with E-state index >= 15 is 0 Å². The molecule has 0 spiro atoms. The van der Waals surface area contributed by atoms with Crippen molar-refractivity contribution < 1.29 is 9.53 Å². The number of carbonyl (C=O) groups is 1. The van der Waals surface area contributed by atoms with Gasteiger partial charge in [0.1, 0.15) is 5.69 Å². The van der Waals surface area contributed by atoms with Crippen molar-refractivity contribution in [1.82, 2.24) is 24.3 Å². The number of hydrogen-bond donors (Lipinski definition) is 0. The van der Waals surface area contributed by atoms with Crippen LogP contribution in [0.1, 0.15) is 23.3 Å². The molecule has 2 saturated heterocycles. The number of rotatable bonds is 4. The van der Waals surface area contributed by atoms with Crippen LogP contribution < -0.4 is 4.90 Å². The molecule has 2 aliphatic rings. The Balaban J connectivity index is 1.45. The van der Waals surface area contributed by atoms with Crippen LogP contribution in [0.15, 0.2) is 24.7 Å². The average molecular weight is 399 g/mol. The van der Waals surface area contributed by atoms with Gasteiger partial charge >= 0.3 is 0 Å². The summed E-state index contributed by atoms with van der Waals surface area (Å²) in [6.07, 6.45) is 7.69. The number of morpholine rings is 1. The highest BCUT2D eigenvalue weighted by molar-refractivity contribution is 5.94. The van der Waals surface area contributed by atoms with E-state index in [0.29, 0.717) is 24.9 Å². The summed E-state index contributed by atoms with van der Waals surface area (Å²) in [5.74, 6) is 0.829. The third-order valence-electron chi connectivity index (χ3n) is 5.97. The van der Waals surface area contributed by atoms with E-state index in [4.69, 9.17) is 4.74 Å². The van der Waals surface area contributed by atoms with Crippen molar-refractivity contribution in [1.29, 1.82) is 0 Å². The normalized spacial score (nSPS) is 18.5. The van der Waals surface area contributed by atoms with Gasteiger partial charge in [-0.15, -0.1) is 0 Å². The number of ether oxygens (including phenoxy) is 1. The molecular formula is C21H30N6O2. The van der Waals surface area contributed by atoms with E-state index in [9.17, 15) is 4.79 Å². The molecule has 4 rings (SSSR count). The Morgan fingerprint density at radius 2 is 1.72 bits per heavy atom. The smallest absolute Gasteiger partial charge is 0.270 e. The van der Waals surface area contributed by atoms with E-state index in [0.717, 1.165) is 56.1 Å². The highest BCUT2D eigenvalue weighted by Crippen LogP contribution is 2.24. The van der Waals surface area contributed by atoms with Gasteiger partial charge in [-0.25, -0.2) is 9.97 Å². The summed E-state index contributed by atoms with van der Waals surface area (Å²) in [6.45, 7) is 4.66. The van der Waals surface area contributed by atoms with Gasteiger partial charge in [-0.2, -0.15) is 0 Å². The number of nitrogens with zero attached hydrogens (tertiary/aromatic N) is 6. The second-order valence-electron chi connectivity index (χ2n) is 8.08. The van der Waals surface area contributed by atoms with Crippen molar-refractivity contribution in [2.45, 2.75) is 18.9 Å². The lowest BCUT2D eigenvalue weighted by Gasteiger charge is -2.35. The largest absolute Gasteiger partial charge is 0.378 e. The van der Waals surface area contributed by atoms with Gasteiger partial charge in [0.2, 0.25) is 5.95 Å². The van der Waals surface area contributed by atoms with Gasteiger partial charge in [-0.1, -0.05) is 0 Å². The lowest BCUT2D eigenvalue weighted by atomic mass is 10.0. The van der Waals surface area contributed by atoms with Gasteiger partial charge in [0, 0.05) is 69.0 Å². The summed E-state index contributed by atoms with van der Waals surface area (Å²) in [4.78, 5) is 28.5. The Bertz CT molecular complexity index is 833. The Kier molecular flexibility index (Phi) is 5.82. The monoisotopic (exact) mass is 398 g/mol. The van der Waals surface area contributed by atoms with E-state index in [-0.39, 0.29) is 5.91 Å². The van der Waals surface area contributed by atoms with Crippen LogP contribution in [-0.2, 0) is 11.8 Å². The summed E-state index contributed by atoms with van der Waals surface area (Å²) in [5, 5.41) is 0. The van der Waals surface area contributed by atoms with Crippen LogP contribution in [0.2, 0.25) is 0 Å². The third-order valence-corrected chi connectivity index (χ3v) is 5.97. The standard InChI is InChI=1S/C21H30N6O2/c1-24(2)18-4-6-26(7-5-18)20(28)19-12-16(15-25(19)3)17-13-22-21(23-14-17)27-8-10-29-11-9-27/h12-15,18H,4-11H2,1-3H3. The first-order chi connectivity index (χ1) is 14.0. The molecule has 0 aromatic carbocycles. The summed E-state index contributed by atoms with van der Waals surface area (Å²) in [7, 11) is 6.14. The minimum absolute atomic E-state index is 0.0989. The van der Waals surface area contributed by atoms with Crippen LogP contribution in [0.4, 0.5) is 5.95 Å². The molecule has 0 bridgehead atoms. The van der Waals surface area contributed by atoms with Gasteiger partial charge in [-0.05, 0) is 33.0 Å². The van der Waals surface area contributed by atoms with Crippen LogP contribution in [-0.4, -0.2) is 89.8 Å². The second kappa shape index (κ2) is 8.51. The lowest BCUT2D eigenvalue weighted by molar-refractivity contribution is 0.0654. The molecule has 8 heteroatoms. The van der Waals surface area contributed by atoms with Crippen molar-refractivity contribution in [3.8, 4) is 11.1 Å². The molecule has 0 atom stereocenters. The van der Waals surface area contributed by atoms with Crippen molar-refractivity contribution in [2.75, 3.05) is 58.4 Å². The van der Waals surface area contributed by atoms with E-state index < -0.39 is 0 Å². The molecule has 8 nitrogen and oxygen atoms in total. The first kappa shape index (κ1) is 19.8. The fourth-order valence-electron chi connectivity index (χ4n) is 4.08. The molecule has 2 aromatic rings. The number of aryl methyl sites for hydroxylation is 1. The molecule has 0 unspecified atom stereocenters. The fraction of sp³-hybridized carbons (Fsp3) is 0.571. The van der Waals surface area contributed by atoms with Crippen molar-refractivity contribution in [3.05, 3.63) is 30.4 Å². The van der Waals surface area contributed by atoms with E-state index in [1.165, 1.54) is 0 Å². The van der Waals surface area contributed by atoms with Gasteiger partial charge in [0.05, 0.1) is 13.2 Å². The Labute approximate surface area is 172 Å². The Hall–Kier alpha value is -2.45. The van der Waals surface area contributed by atoms with Gasteiger partial charge < -0.3 is 24.0 Å². The van der Waals surface area contributed by atoms with E-state index in [2.05, 4.69) is 33.9 Å². The van der Waals surface area contributed by atoms with Crippen LogP contribution in [0.25, 0.3) is 11.1 Å². The molecule has 1 amide bonds. The molecule has 4 heterocycles. The number of hydrogen-bond acceptors (Lipinski definition) is 6. The van der Waals surface area contributed by atoms with E-state index in [1.807, 2.05) is 41.2 Å². The predicted molar refractivity (Wildman–Crippen MR) is 112 cm³/mol. The quantitative estimate of drug-likeness (QED) is 0.777. The van der Waals surface area contributed by atoms with Gasteiger partial charge in [0.15, 0.2) is 0 Å². The zero-order valence-corrected chi connectivity index (χ0v) is 17.5. The average Bonchev–Trinajstić information content (AvgIpc) is 3.15. The number of likely N-dealkylation sites (tertiary alicyclic amines) is 1. The van der Waals surface area contributed by atoms with Crippen LogP contribution in [0, 0.1) is 0 Å². The summed E-state index contributed by atoms with van der Waals surface area (Å²) < 4.78 is 7.29. The first-order valence-corrected chi connectivity index (χ1v) is 10.3. The summed E-state index contributed by atoms with van der Waals surface area (Å²) in [5.41, 5.74) is 2.59. The van der Waals surface area contributed by atoms with Crippen molar-refractivity contribution in [2.24, 2.45) is 7.05 Å². The topological polar surface area (TPSA) is 66.7 Å². The molecule has 2 fully saturated rings. The van der Waals surface area contributed by atoms with Crippen LogP contribution in [0.5, 0.6) is 0 Å². The fourth-order valence-corrected chi connectivity index (χ4v) is 4.08. The van der Waals surface area contributed by atoms with Crippen molar-refractivity contribution in [3.63, 3.8) is 0 Å². The van der Waals surface area contributed by atoms with E-state index in [1.54, 1.807) is 0 Å². The number of amides is 1. The van der Waals surface area contributed by atoms with Crippen molar-refractivity contribution >= 4 is 11.9 Å². The van der Waals surface area contributed by atoms with Gasteiger partial charge in [-0.3, -0.25) is 4.79 Å². The summed E-state index contributed by atoms with van der Waals surface area (Å²) >= 11 is 0. The zero-order valence-electron chi connectivity index (χ0n) is 17.5. The highest BCUT2D eigenvalue weighted by atomic mass is 16.5. The zero-order chi connectivity index (χ0) is 20.4. The molecule has 0 radical (unpaired) electrons. The minimum Gasteiger partial charge on any atom is -0.378 e. The molecule has 0 saturated carbocycles. The second-order valence-corrected chi connectivity index (χ2v) is 8.08. The highest BCUT2D eigenvalue weighted by Gasteiger charge is 2.26. The molecule has 29 heavy (non-hydrogen) atoms. The lowest BCUT2D eigenvalue weighted by Crippen LogP contribution is -2.44.